The molecule has 0 saturated carbocycles. The van der Waals surface area contributed by atoms with Crippen LogP contribution in [-0.4, -0.2) is 7.11 Å². The number of ether oxygens (including phenoxy) is 1. The Kier molecular flexibility index (Phi) is 2.91. The standard InChI is InChI=1S/C16H13NO3/c1-19-15-7-6-11(17)9-12(15)13-8-10-4-2-3-5-14(10)20-16(13)18/h2-9H,17H2,1H3. The van der Waals surface area contributed by atoms with E-state index in [4.69, 9.17) is 14.9 Å². The molecule has 4 heteroatoms. The van der Waals surface area contributed by atoms with Crippen LogP contribution in [0, 0.1) is 0 Å². The molecule has 0 amide bonds. The van der Waals surface area contributed by atoms with Crippen LogP contribution >= 0.6 is 0 Å². The highest BCUT2D eigenvalue weighted by molar-refractivity contribution is 5.83. The minimum Gasteiger partial charge on any atom is -0.496 e. The SMILES string of the molecule is COc1ccc(N)cc1-c1cc2ccccc2oc1=O. The highest BCUT2D eigenvalue weighted by atomic mass is 16.5. The first-order valence-electron chi connectivity index (χ1n) is 6.16. The molecule has 0 fully saturated rings. The first-order valence-corrected chi connectivity index (χ1v) is 6.16. The van der Waals surface area contributed by atoms with E-state index in [1.165, 1.54) is 0 Å². The quantitative estimate of drug-likeness (QED) is 0.572. The molecule has 0 radical (unpaired) electrons. The molecular weight excluding hydrogens is 254 g/mol. The molecule has 3 rings (SSSR count). The van der Waals surface area contributed by atoms with E-state index in [9.17, 15) is 4.79 Å². The maximum Gasteiger partial charge on any atom is 0.344 e. The molecule has 0 aliphatic heterocycles. The lowest BCUT2D eigenvalue weighted by Crippen LogP contribution is -2.04. The van der Waals surface area contributed by atoms with Gasteiger partial charge in [-0.05, 0) is 30.3 Å². The third-order valence-corrected chi connectivity index (χ3v) is 3.16. The zero-order valence-electron chi connectivity index (χ0n) is 10.9. The molecule has 20 heavy (non-hydrogen) atoms. The number of nitrogens with two attached hydrogens (primary N) is 1. The fourth-order valence-corrected chi connectivity index (χ4v) is 2.19. The van der Waals surface area contributed by atoms with E-state index >= 15 is 0 Å². The second-order valence-corrected chi connectivity index (χ2v) is 4.45. The summed E-state index contributed by atoms with van der Waals surface area (Å²) in [5, 5.41) is 0.853. The molecule has 0 aliphatic carbocycles. The second-order valence-electron chi connectivity index (χ2n) is 4.45. The average molecular weight is 267 g/mol. The van der Waals surface area contributed by atoms with Crippen molar-refractivity contribution in [2.75, 3.05) is 12.8 Å². The van der Waals surface area contributed by atoms with Gasteiger partial charge < -0.3 is 14.9 Å². The Morgan fingerprint density at radius 2 is 1.85 bits per heavy atom. The minimum atomic E-state index is -0.410. The molecule has 100 valence electrons. The van der Waals surface area contributed by atoms with E-state index in [-0.39, 0.29) is 0 Å². The predicted octanol–water partition coefficient (Wildman–Crippen LogP) is 3.05. The largest absolute Gasteiger partial charge is 0.496 e. The third-order valence-electron chi connectivity index (χ3n) is 3.16. The fourth-order valence-electron chi connectivity index (χ4n) is 2.19. The van der Waals surface area contributed by atoms with Gasteiger partial charge in [0.15, 0.2) is 0 Å². The first-order chi connectivity index (χ1) is 9.69. The molecule has 1 heterocycles. The average Bonchev–Trinajstić information content (AvgIpc) is 2.46. The van der Waals surface area contributed by atoms with Gasteiger partial charge in [0.2, 0.25) is 0 Å². The van der Waals surface area contributed by atoms with E-state index in [2.05, 4.69) is 0 Å². The minimum absolute atomic E-state index is 0.410. The molecular formula is C16H13NO3. The van der Waals surface area contributed by atoms with Crippen molar-refractivity contribution in [3.8, 4) is 16.9 Å². The van der Waals surface area contributed by atoms with Gasteiger partial charge in [0.25, 0.3) is 0 Å². The first kappa shape index (κ1) is 12.3. The summed E-state index contributed by atoms with van der Waals surface area (Å²) in [6, 6.07) is 14.3. The number of nitrogen functional groups attached to an aromatic ring is 1. The van der Waals surface area contributed by atoms with Crippen LogP contribution in [0.5, 0.6) is 5.75 Å². The topological polar surface area (TPSA) is 65.5 Å². The van der Waals surface area contributed by atoms with Crippen molar-refractivity contribution in [2.45, 2.75) is 0 Å². The molecule has 2 aromatic carbocycles. The van der Waals surface area contributed by atoms with Crippen molar-refractivity contribution in [3.63, 3.8) is 0 Å². The molecule has 0 saturated heterocycles. The van der Waals surface area contributed by atoms with E-state index in [1.807, 2.05) is 18.2 Å². The Balaban J connectivity index is 2.32. The normalized spacial score (nSPS) is 10.7. The molecule has 1 aromatic heterocycles. The van der Waals surface area contributed by atoms with Gasteiger partial charge >= 0.3 is 5.63 Å². The molecule has 0 aliphatic rings. The van der Waals surface area contributed by atoms with Crippen molar-refractivity contribution in [2.24, 2.45) is 0 Å². The summed E-state index contributed by atoms with van der Waals surface area (Å²) in [5.41, 5.74) is 7.58. The molecule has 0 spiro atoms. The second kappa shape index (κ2) is 4.74. The van der Waals surface area contributed by atoms with E-state index in [1.54, 1.807) is 37.4 Å². The molecule has 0 unspecified atom stereocenters. The summed E-state index contributed by atoms with van der Waals surface area (Å²) in [5.74, 6) is 0.585. The number of hydrogen-bond donors (Lipinski definition) is 1. The van der Waals surface area contributed by atoms with Gasteiger partial charge in [0.1, 0.15) is 11.3 Å². The van der Waals surface area contributed by atoms with Gasteiger partial charge in [-0.3, -0.25) is 0 Å². The van der Waals surface area contributed by atoms with Gasteiger partial charge in [-0.25, -0.2) is 4.79 Å². The van der Waals surface area contributed by atoms with E-state index < -0.39 is 5.63 Å². The molecule has 2 N–H and O–H groups in total. The van der Waals surface area contributed by atoms with Gasteiger partial charge in [-0.1, -0.05) is 18.2 Å². The summed E-state index contributed by atoms with van der Waals surface area (Å²) in [6.45, 7) is 0. The zero-order chi connectivity index (χ0) is 14.1. The lowest BCUT2D eigenvalue weighted by Gasteiger charge is -2.09. The van der Waals surface area contributed by atoms with Gasteiger partial charge in [-0.15, -0.1) is 0 Å². The maximum atomic E-state index is 12.2. The summed E-state index contributed by atoms with van der Waals surface area (Å²) in [6.07, 6.45) is 0. The van der Waals surface area contributed by atoms with E-state index in [0.717, 1.165) is 5.39 Å². The number of para-hydroxylation sites is 1. The smallest absolute Gasteiger partial charge is 0.344 e. The Hall–Kier alpha value is -2.75. The third kappa shape index (κ3) is 2.01. The monoisotopic (exact) mass is 267 g/mol. The van der Waals surface area contributed by atoms with Crippen molar-refractivity contribution in [1.29, 1.82) is 0 Å². The van der Waals surface area contributed by atoms with Crippen molar-refractivity contribution in [1.82, 2.24) is 0 Å². The van der Waals surface area contributed by atoms with Gasteiger partial charge in [0, 0.05) is 16.6 Å². The lowest BCUT2D eigenvalue weighted by molar-refractivity contribution is 0.416. The zero-order valence-corrected chi connectivity index (χ0v) is 10.9. The molecule has 0 atom stereocenters. The fraction of sp³-hybridized carbons (Fsp3) is 0.0625. The Labute approximate surface area is 115 Å². The Morgan fingerprint density at radius 3 is 2.65 bits per heavy atom. The highest BCUT2D eigenvalue weighted by Gasteiger charge is 2.12. The number of methoxy groups -OCH3 is 1. The van der Waals surface area contributed by atoms with Crippen LogP contribution in [0.15, 0.2) is 57.7 Å². The van der Waals surface area contributed by atoms with Crippen LogP contribution in [0.1, 0.15) is 0 Å². The van der Waals surface area contributed by atoms with E-state index in [0.29, 0.717) is 28.1 Å². The van der Waals surface area contributed by atoms with Gasteiger partial charge in [0.05, 0.1) is 12.7 Å². The summed E-state index contributed by atoms with van der Waals surface area (Å²) in [4.78, 5) is 12.2. The summed E-state index contributed by atoms with van der Waals surface area (Å²) < 4.78 is 10.6. The summed E-state index contributed by atoms with van der Waals surface area (Å²) >= 11 is 0. The number of hydrogen-bond acceptors (Lipinski definition) is 4. The van der Waals surface area contributed by atoms with Crippen LogP contribution < -0.4 is 16.1 Å². The van der Waals surface area contributed by atoms with Gasteiger partial charge in [-0.2, -0.15) is 0 Å². The molecule has 4 nitrogen and oxygen atoms in total. The number of benzene rings is 2. The molecule has 3 aromatic rings. The maximum absolute atomic E-state index is 12.2. The lowest BCUT2D eigenvalue weighted by atomic mass is 10.0. The van der Waals surface area contributed by atoms with Crippen LogP contribution in [-0.2, 0) is 0 Å². The van der Waals surface area contributed by atoms with Crippen LogP contribution in [0.3, 0.4) is 0 Å². The number of anilines is 1. The van der Waals surface area contributed by atoms with Crippen LogP contribution in [0.2, 0.25) is 0 Å². The number of rotatable bonds is 2. The number of fused-ring (bicyclic) bond motifs is 1. The Bertz CT molecular complexity index is 836. The van der Waals surface area contributed by atoms with Crippen LogP contribution in [0.25, 0.3) is 22.1 Å². The van der Waals surface area contributed by atoms with Crippen molar-refractivity contribution >= 4 is 16.7 Å². The predicted molar refractivity (Wildman–Crippen MR) is 78.9 cm³/mol. The highest BCUT2D eigenvalue weighted by Crippen LogP contribution is 2.31. The summed E-state index contributed by atoms with van der Waals surface area (Å²) in [7, 11) is 1.55. The van der Waals surface area contributed by atoms with Crippen molar-refractivity contribution < 1.29 is 9.15 Å². The van der Waals surface area contributed by atoms with Crippen LogP contribution in [0.4, 0.5) is 5.69 Å². The van der Waals surface area contributed by atoms with Crippen molar-refractivity contribution in [3.05, 3.63) is 59.0 Å². The molecule has 0 bridgehead atoms. The Morgan fingerprint density at radius 1 is 1.05 bits per heavy atom.